The largest absolute Gasteiger partial charge is 0.322 e. The number of non-ortho nitro benzene ring substituents is 1. The molecular weight excluding hydrogens is 430 g/mol. The molecule has 0 bridgehead atoms. The molecule has 0 spiro atoms. The molecule has 9 heteroatoms. The number of pyridine rings is 1. The maximum atomic E-state index is 13.4. The molecule has 4 aromatic rings. The Morgan fingerprint density at radius 1 is 1.09 bits per heavy atom. The summed E-state index contributed by atoms with van der Waals surface area (Å²) in [7, 11) is 0. The van der Waals surface area contributed by atoms with Gasteiger partial charge in [-0.05, 0) is 41.5 Å². The van der Waals surface area contributed by atoms with Crippen LogP contribution in [0.4, 0.5) is 5.69 Å². The molecule has 0 radical (unpaired) electrons. The average Bonchev–Trinajstić information content (AvgIpc) is 3.34. The number of carbonyl (C=O) groups is 1. The fourth-order valence-corrected chi connectivity index (χ4v) is 4.13. The fourth-order valence-electron chi connectivity index (χ4n) is 4.00. The van der Waals surface area contributed by atoms with Gasteiger partial charge in [-0.15, -0.1) is 0 Å². The van der Waals surface area contributed by atoms with Gasteiger partial charge in [0.1, 0.15) is 5.69 Å². The number of halogens is 1. The van der Waals surface area contributed by atoms with E-state index in [0.29, 0.717) is 23.0 Å². The quantitative estimate of drug-likeness (QED) is 0.351. The van der Waals surface area contributed by atoms with Gasteiger partial charge < -0.3 is 4.90 Å². The van der Waals surface area contributed by atoms with Crippen LogP contribution in [0.5, 0.6) is 0 Å². The number of hydrogen-bond acceptors (Lipinski definition) is 5. The molecule has 1 unspecified atom stereocenters. The molecule has 1 atom stereocenters. The van der Waals surface area contributed by atoms with Crippen molar-refractivity contribution < 1.29 is 9.72 Å². The number of nitro benzene ring substituents is 1. The molecule has 1 aliphatic heterocycles. The lowest BCUT2D eigenvalue weighted by Crippen LogP contribution is -2.29. The summed E-state index contributed by atoms with van der Waals surface area (Å²) in [5.41, 5.74) is 4.21. The summed E-state index contributed by atoms with van der Waals surface area (Å²) in [5, 5.41) is 19.0. The van der Waals surface area contributed by atoms with E-state index in [-0.39, 0.29) is 11.6 Å². The van der Waals surface area contributed by atoms with Crippen molar-refractivity contribution in [1.29, 1.82) is 0 Å². The van der Waals surface area contributed by atoms with Crippen LogP contribution < -0.4 is 0 Å². The SMILES string of the molecule is O=C1c2[nH]nc(-c3ccc(Cl)cc3)c2C(c2ccc([N+](=O)[O-])cc2)N1Cc1cccnc1. The predicted molar refractivity (Wildman–Crippen MR) is 118 cm³/mol. The highest BCUT2D eigenvalue weighted by molar-refractivity contribution is 6.30. The van der Waals surface area contributed by atoms with Crippen LogP contribution in [-0.2, 0) is 6.54 Å². The summed E-state index contributed by atoms with van der Waals surface area (Å²) in [5.74, 6) is -0.195. The van der Waals surface area contributed by atoms with Crippen molar-refractivity contribution in [3.8, 4) is 11.3 Å². The number of fused-ring (bicyclic) bond motifs is 1. The minimum Gasteiger partial charge on any atom is -0.322 e. The zero-order valence-corrected chi connectivity index (χ0v) is 17.4. The van der Waals surface area contributed by atoms with Crippen LogP contribution in [0.15, 0.2) is 73.1 Å². The van der Waals surface area contributed by atoms with E-state index < -0.39 is 11.0 Å². The Morgan fingerprint density at radius 3 is 2.50 bits per heavy atom. The third kappa shape index (κ3) is 3.40. The van der Waals surface area contributed by atoms with Crippen molar-refractivity contribution in [1.82, 2.24) is 20.1 Å². The Hall–Kier alpha value is -4.04. The van der Waals surface area contributed by atoms with Crippen molar-refractivity contribution in [3.05, 3.63) is 111 Å². The maximum Gasteiger partial charge on any atom is 0.273 e. The Morgan fingerprint density at radius 2 is 1.84 bits per heavy atom. The molecule has 0 saturated carbocycles. The van der Waals surface area contributed by atoms with E-state index in [1.807, 2.05) is 24.3 Å². The van der Waals surface area contributed by atoms with Crippen molar-refractivity contribution >= 4 is 23.2 Å². The maximum absolute atomic E-state index is 13.4. The van der Waals surface area contributed by atoms with Gasteiger partial charge in [-0.1, -0.05) is 29.8 Å². The predicted octanol–water partition coefficient (Wildman–Crippen LogP) is 4.78. The number of H-pyrrole nitrogens is 1. The van der Waals surface area contributed by atoms with Crippen LogP contribution in [0.1, 0.15) is 33.2 Å². The van der Waals surface area contributed by atoms with Gasteiger partial charge >= 0.3 is 0 Å². The molecule has 8 nitrogen and oxygen atoms in total. The zero-order chi connectivity index (χ0) is 22.2. The first-order chi connectivity index (χ1) is 15.5. The highest BCUT2D eigenvalue weighted by atomic mass is 35.5. The lowest BCUT2D eigenvalue weighted by Gasteiger charge is -2.26. The van der Waals surface area contributed by atoms with Gasteiger partial charge in [-0.2, -0.15) is 5.10 Å². The molecule has 2 aromatic carbocycles. The Labute approximate surface area is 187 Å². The van der Waals surface area contributed by atoms with Crippen molar-refractivity contribution in [3.63, 3.8) is 0 Å². The summed E-state index contributed by atoms with van der Waals surface area (Å²) in [6.45, 7) is 0.330. The monoisotopic (exact) mass is 445 g/mol. The summed E-state index contributed by atoms with van der Waals surface area (Å²) in [6.07, 6.45) is 3.39. The summed E-state index contributed by atoms with van der Waals surface area (Å²) in [4.78, 5) is 29.9. The van der Waals surface area contributed by atoms with Crippen LogP contribution in [-0.4, -0.2) is 30.9 Å². The number of nitrogens with one attached hydrogen (secondary N) is 1. The second-order valence-corrected chi connectivity index (χ2v) is 7.85. The molecule has 32 heavy (non-hydrogen) atoms. The molecule has 0 aliphatic carbocycles. The molecule has 1 N–H and O–H groups in total. The number of aromatic nitrogens is 3. The van der Waals surface area contributed by atoms with Gasteiger partial charge in [0, 0.05) is 47.2 Å². The van der Waals surface area contributed by atoms with Gasteiger partial charge in [0.15, 0.2) is 0 Å². The first-order valence-corrected chi connectivity index (χ1v) is 10.2. The number of rotatable bonds is 5. The molecule has 3 heterocycles. The smallest absolute Gasteiger partial charge is 0.273 e. The number of nitrogens with zero attached hydrogens (tertiary/aromatic N) is 4. The van der Waals surface area contributed by atoms with E-state index in [0.717, 1.165) is 22.3 Å². The molecular formula is C23H16ClN5O3. The second kappa shape index (κ2) is 7.90. The molecule has 0 saturated heterocycles. The van der Waals surface area contributed by atoms with Gasteiger partial charge in [-0.25, -0.2) is 0 Å². The zero-order valence-electron chi connectivity index (χ0n) is 16.6. The van der Waals surface area contributed by atoms with Crippen LogP contribution in [0.2, 0.25) is 5.02 Å². The summed E-state index contributed by atoms with van der Waals surface area (Å²) in [6, 6.07) is 16.7. The normalized spacial score (nSPS) is 15.1. The van der Waals surface area contributed by atoms with Gasteiger partial charge in [-0.3, -0.25) is 25.0 Å². The molecule has 2 aromatic heterocycles. The number of aromatic amines is 1. The van der Waals surface area contributed by atoms with Crippen LogP contribution in [0.3, 0.4) is 0 Å². The van der Waals surface area contributed by atoms with E-state index in [2.05, 4.69) is 15.2 Å². The first-order valence-electron chi connectivity index (χ1n) is 9.81. The van der Waals surface area contributed by atoms with E-state index in [4.69, 9.17) is 11.6 Å². The summed E-state index contributed by atoms with van der Waals surface area (Å²) >= 11 is 6.04. The highest BCUT2D eigenvalue weighted by Gasteiger charge is 2.42. The van der Waals surface area contributed by atoms with Gasteiger partial charge in [0.2, 0.25) is 0 Å². The minimum absolute atomic E-state index is 0.0118. The topological polar surface area (TPSA) is 105 Å². The Kier molecular flexibility index (Phi) is 4.91. The first kappa shape index (κ1) is 19.9. The van der Waals surface area contributed by atoms with E-state index in [1.165, 1.54) is 12.1 Å². The molecule has 1 aliphatic rings. The number of benzene rings is 2. The minimum atomic E-state index is -0.470. The van der Waals surface area contributed by atoms with Crippen LogP contribution >= 0.6 is 11.6 Å². The lowest BCUT2D eigenvalue weighted by atomic mass is 9.96. The number of amides is 1. The molecule has 1 amide bonds. The highest BCUT2D eigenvalue weighted by Crippen LogP contribution is 2.43. The standard InChI is InChI=1S/C23H16ClN5O3/c24-17-7-3-15(4-8-17)20-19-21(27-26-20)23(30)28(13-14-2-1-11-25-12-14)22(19)16-5-9-18(10-6-16)29(31)32/h1-12,22H,13H2,(H,26,27). The van der Waals surface area contributed by atoms with Gasteiger partial charge in [0.05, 0.1) is 16.7 Å². The number of hydrogen-bond donors (Lipinski definition) is 1. The number of carbonyl (C=O) groups excluding carboxylic acids is 1. The van der Waals surface area contributed by atoms with Crippen molar-refractivity contribution in [2.24, 2.45) is 0 Å². The van der Waals surface area contributed by atoms with E-state index in [1.54, 1.807) is 41.6 Å². The molecule has 158 valence electrons. The second-order valence-electron chi connectivity index (χ2n) is 7.41. The fraction of sp³-hybridized carbons (Fsp3) is 0.0870. The van der Waals surface area contributed by atoms with E-state index >= 15 is 0 Å². The Bertz CT molecular complexity index is 1300. The molecule has 0 fully saturated rings. The number of nitro groups is 1. The average molecular weight is 446 g/mol. The summed E-state index contributed by atoms with van der Waals surface area (Å²) < 4.78 is 0. The Balaban J connectivity index is 1.64. The molecule has 5 rings (SSSR count). The van der Waals surface area contributed by atoms with E-state index in [9.17, 15) is 14.9 Å². The van der Waals surface area contributed by atoms with Crippen LogP contribution in [0.25, 0.3) is 11.3 Å². The lowest BCUT2D eigenvalue weighted by molar-refractivity contribution is -0.384. The van der Waals surface area contributed by atoms with Gasteiger partial charge in [0.25, 0.3) is 11.6 Å². The van der Waals surface area contributed by atoms with Crippen molar-refractivity contribution in [2.75, 3.05) is 0 Å². The third-order valence-electron chi connectivity index (χ3n) is 5.48. The van der Waals surface area contributed by atoms with Crippen molar-refractivity contribution in [2.45, 2.75) is 12.6 Å². The third-order valence-corrected chi connectivity index (χ3v) is 5.73. The van der Waals surface area contributed by atoms with Crippen LogP contribution in [0, 0.1) is 10.1 Å².